The van der Waals surface area contributed by atoms with E-state index in [1.165, 1.54) is 25.3 Å². The van der Waals surface area contributed by atoms with E-state index >= 15 is 0 Å². The molecule has 1 saturated carbocycles. The Kier molecular flexibility index (Phi) is 4.53. The van der Waals surface area contributed by atoms with Crippen molar-refractivity contribution in [1.29, 1.82) is 0 Å². The van der Waals surface area contributed by atoms with Crippen molar-refractivity contribution in [3.05, 3.63) is 42.0 Å². The number of imidazole rings is 1. The average Bonchev–Trinajstić information content (AvgIpc) is 3.32. The number of aromatic nitrogens is 2. The zero-order valence-electron chi connectivity index (χ0n) is 14.0. The number of hydrogen-bond acceptors (Lipinski definition) is 5. The van der Waals surface area contributed by atoms with Gasteiger partial charge in [-0.1, -0.05) is 0 Å². The van der Waals surface area contributed by atoms with Crippen molar-refractivity contribution in [2.24, 2.45) is 18.1 Å². The molecular formula is C16H20N4O4S. The van der Waals surface area contributed by atoms with Gasteiger partial charge < -0.3 is 14.6 Å². The number of nitrogens with one attached hydrogen (secondary N) is 1. The first-order valence-corrected chi connectivity index (χ1v) is 9.35. The summed E-state index contributed by atoms with van der Waals surface area (Å²) in [5.41, 5.74) is 0.119. The summed E-state index contributed by atoms with van der Waals surface area (Å²) in [7, 11) is -0.635. The lowest BCUT2D eigenvalue weighted by atomic mass is 10.1. The van der Waals surface area contributed by atoms with Crippen LogP contribution in [0.2, 0.25) is 0 Å². The number of rotatable bonds is 6. The summed E-state index contributed by atoms with van der Waals surface area (Å²) in [4.78, 5) is 17.0. The molecule has 8 nitrogen and oxygen atoms in total. The molecule has 0 bridgehead atoms. The van der Waals surface area contributed by atoms with Gasteiger partial charge in [0.15, 0.2) is 0 Å². The lowest BCUT2D eigenvalue weighted by molar-refractivity contribution is 0.0925. The smallest absolute Gasteiger partial charge is 0.255 e. The maximum absolute atomic E-state index is 12.8. The topological polar surface area (TPSA) is 116 Å². The van der Waals surface area contributed by atoms with Crippen LogP contribution in [-0.4, -0.2) is 31.0 Å². The number of amides is 1. The van der Waals surface area contributed by atoms with E-state index in [2.05, 4.69) is 10.3 Å². The molecule has 1 aromatic carbocycles. The van der Waals surface area contributed by atoms with Crippen molar-refractivity contribution in [3.8, 4) is 5.75 Å². The molecule has 1 heterocycles. The number of sulfonamides is 1. The Morgan fingerprint density at radius 1 is 1.44 bits per heavy atom. The number of carbonyl (C=O) groups is 1. The molecule has 1 atom stereocenters. The first kappa shape index (κ1) is 17.4. The lowest BCUT2D eigenvalue weighted by Crippen LogP contribution is -2.32. The fraction of sp³-hybridized carbons (Fsp3) is 0.375. The highest BCUT2D eigenvalue weighted by molar-refractivity contribution is 7.89. The molecular weight excluding hydrogens is 344 g/mol. The fourth-order valence-electron chi connectivity index (χ4n) is 2.76. The molecule has 0 saturated heterocycles. The number of methoxy groups -OCH3 is 1. The Morgan fingerprint density at radius 2 is 2.16 bits per heavy atom. The minimum Gasteiger partial charge on any atom is -0.496 e. The molecule has 2 aromatic rings. The molecule has 0 aliphatic heterocycles. The van der Waals surface area contributed by atoms with Crippen LogP contribution in [0.4, 0.5) is 0 Å². The number of nitrogens with two attached hydrogens (primary N) is 1. The fourth-order valence-corrected chi connectivity index (χ4v) is 3.30. The summed E-state index contributed by atoms with van der Waals surface area (Å²) < 4.78 is 30.2. The quantitative estimate of drug-likeness (QED) is 0.792. The van der Waals surface area contributed by atoms with Gasteiger partial charge in [-0.3, -0.25) is 4.79 Å². The van der Waals surface area contributed by atoms with Crippen molar-refractivity contribution in [3.63, 3.8) is 0 Å². The van der Waals surface area contributed by atoms with Crippen molar-refractivity contribution in [2.45, 2.75) is 23.8 Å². The molecule has 9 heteroatoms. The second kappa shape index (κ2) is 6.49. The van der Waals surface area contributed by atoms with E-state index in [1.54, 1.807) is 6.20 Å². The largest absolute Gasteiger partial charge is 0.496 e. The summed E-state index contributed by atoms with van der Waals surface area (Å²) in [5, 5.41) is 8.11. The monoisotopic (exact) mass is 364 g/mol. The number of aryl methyl sites for hydroxylation is 1. The Bertz CT molecular complexity index is 903. The molecule has 1 aliphatic rings. The summed E-state index contributed by atoms with van der Waals surface area (Å²) >= 11 is 0. The lowest BCUT2D eigenvalue weighted by Gasteiger charge is -2.19. The SMILES string of the molecule is COc1ccc(S(N)(=O)=O)cc1C(=O)N[C@@H](c1nccn1C)C1CC1. The van der Waals surface area contributed by atoms with Crippen LogP contribution >= 0.6 is 0 Å². The highest BCUT2D eigenvalue weighted by Crippen LogP contribution is 2.40. The zero-order valence-corrected chi connectivity index (χ0v) is 14.8. The van der Waals surface area contributed by atoms with Crippen LogP contribution in [0.5, 0.6) is 5.75 Å². The predicted octanol–water partition coefficient (Wildman–Crippen LogP) is 0.957. The Balaban J connectivity index is 1.93. The summed E-state index contributed by atoms with van der Waals surface area (Å²) in [6.07, 6.45) is 5.51. The number of carbonyl (C=O) groups excluding carboxylic acids is 1. The molecule has 0 unspecified atom stereocenters. The second-order valence-corrected chi connectivity index (χ2v) is 7.65. The van der Waals surface area contributed by atoms with Crippen LogP contribution < -0.4 is 15.2 Å². The van der Waals surface area contributed by atoms with Crippen LogP contribution in [-0.2, 0) is 17.1 Å². The van der Waals surface area contributed by atoms with Gasteiger partial charge in [-0.25, -0.2) is 18.5 Å². The van der Waals surface area contributed by atoms with Gasteiger partial charge in [0.1, 0.15) is 11.6 Å². The summed E-state index contributed by atoms with van der Waals surface area (Å²) in [5.74, 6) is 0.927. The zero-order chi connectivity index (χ0) is 18.2. The van der Waals surface area contributed by atoms with E-state index in [0.717, 1.165) is 18.7 Å². The van der Waals surface area contributed by atoms with E-state index in [4.69, 9.17) is 9.88 Å². The number of hydrogen-bond donors (Lipinski definition) is 2. The van der Waals surface area contributed by atoms with Crippen LogP contribution in [0, 0.1) is 5.92 Å². The highest BCUT2D eigenvalue weighted by atomic mass is 32.2. The first-order valence-electron chi connectivity index (χ1n) is 7.80. The molecule has 3 rings (SSSR count). The van der Waals surface area contributed by atoms with Crippen LogP contribution in [0.1, 0.15) is 35.1 Å². The van der Waals surface area contributed by atoms with Gasteiger partial charge in [-0.05, 0) is 37.0 Å². The molecule has 0 radical (unpaired) electrons. The van der Waals surface area contributed by atoms with Gasteiger partial charge in [0, 0.05) is 19.4 Å². The van der Waals surface area contributed by atoms with Crippen molar-refractivity contribution >= 4 is 15.9 Å². The molecule has 1 aliphatic carbocycles. The van der Waals surface area contributed by atoms with E-state index in [9.17, 15) is 13.2 Å². The maximum atomic E-state index is 12.8. The molecule has 1 amide bonds. The van der Waals surface area contributed by atoms with Crippen molar-refractivity contribution in [1.82, 2.24) is 14.9 Å². The van der Waals surface area contributed by atoms with Gasteiger partial charge >= 0.3 is 0 Å². The van der Waals surface area contributed by atoms with Gasteiger partial charge in [0.2, 0.25) is 10.0 Å². The maximum Gasteiger partial charge on any atom is 0.255 e. The minimum absolute atomic E-state index is 0.119. The third kappa shape index (κ3) is 3.67. The normalized spacial score (nSPS) is 15.6. The number of nitrogens with zero attached hydrogens (tertiary/aromatic N) is 2. The van der Waals surface area contributed by atoms with Gasteiger partial charge in [-0.15, -0.1) is 0 Å². The van der Waals surface area contributed by atoms with Gasteiger partial charge in [0.25, 0.3) is 5.91 Å². The Hall–Kier alpha value is -2.39. The predicted molar refractivity (Wildman–Crippen MR) is 90.5 cm³/mol. The van der Waals surface area contributed by atoms with Crippen LogP contribution in [0.25, 0.3) is 0 Å². The van der Waals surface area contributed by atoms with E-state index in [1.807, 2.05) is 17.8 Å². The molecule has 3 N–H and O–H groups in total. The minimum atomic E-state index is -3.92. The number of ether oxygens (including phenoxy) is 1. The third-order valence-electron chi connectivity index (χ3n) is 4.26. The third-order valence-corrected chi connectivity index (χ3v) is 5.17. The molecule has 1 fully saturated rings. The first-order chi connectivity index (χ1) is 11.8. The summed E-state index contributed by atoms with van der Waals surface area (Å²) in [6, 6.07) is 3.71. The van der Waals surface area contributed by atoms with Crippen LogP contribution in [0.3, 0.4) is 0 Å². The van der Waals surface area contributed by atoms with Gasteiger partial charge in [0.05, 0.1) is 23.6 Å². The number of primary sulfonamides is 1. The Labute approximate surface area is 146 Å². The van der Waals surface area contributed by atoms with Crippen molar-refractivity contribution < 1.29 is 17.9 Å². The highest BCUT2D eigenvalue weighted by Gasteiger charge is 2.36. The van der Waals surface area contributed by atoms with E-state index < -0.39 is 15.9 Å². The Morgan fingerprint density at radius 3 is 2.68 bits per heavy atom. The second-order valence-electron chi connectivity index (χ2n) is 6.09. The van der Waals surface area contributed by atoms with E-state index in [-0.39, 0.29) is 22.3 Å². The number of benzene rings is 1. The standard InChI is InChI=1S/C16H20N4O4S/c1-20-8-7-18-15(20)14(10-3-4-10)19-16(21)12-9-11(25(17,22)23)5-6-13(12)24-2/h5-10,14H,3-4H2,1-2H3,(H,19,21)(H2,17,22,23)/t14-/m1/s1. The molecule has 0 spiro atoms. The average molecular weight is 364 g/mol. The summed E-state index contributed by atoms with van der Waals surface area (Å²) in [6.45, 7) is 0. The van der Waals surface area contributed by atoms with E-state index in [0.29, 0.717) is 5.92 Å². The molecule has 134 valence electrons. The van der Waals surface area contributed by atoms with Gasteiger partial charge in [-0.2, -0.15) is 0 Å². The molecule has 1 aromatic heterocycles. The molecule has 25 heavy (non-hydrogen) atoms. The van der Waals surface area contributed by atoms with Crippen LogP contribution in [0.15, 0.2) is 35.5 Å². The van der Waals surface area contributed by atoms with Crippen molar-refractivity contribution in [2.75, 3.05) is 7.11 Å².